The number of halogens is 1. The first-order chi connectivity index (χ1) is 9.99. The molecule has 1 amide bonds. The summed E-state index contributed by atoms with van der Waals surface area (Å²) >= 11 is 6.23. The quantitative estimate of drug-likeness (QED) is 0.922. The molecule has 1 atom stereocenters. The fourth-order valence-electron chi connectivity index (χ4n) is 2.07. The maximum atomic E-state index is 12.0. The highest BCUT2D eigenvalue weighted by Gasteiger charge is 2.19. The smallest absolute Gasteiger partial charge is 0.273 e. The van der Waals surface area contributed by atoms with Gasteiger partial charge in [-0.1, -0.05) is 35.0 Å². The highest BCUT2D eigenvalue weighted by molar-refractivity contribution is 6.31. The molecule has 2 rings (SSSR count). The molecule has 0 aliphatic rings. The molecule has 0 saturated heterocycles. The van der Waals surface area contributed by atoms with E-state index in [1.54, 1.807) is 13.0 Å². The van der Waals surface area contributed by atoms with Crippen LogP contribution in [0.3, 0.4) is 0 Å². The number of likely N-dealkylation sites (N-methyl/N-ethyl adjacent to an activating group) is 1. The zero-order valence-electron chi connectivity index (χ0n) is 12.3. The monoisotopic (exact) mass is 307 g/mol. The zero-order chi connectivity index (χ0) is 15.4. The van der Waals surface area contributed by atoms with E-state index in [0.717, 1.165) is 5.56 Å². The van der Waals surface area contributed by atoms with Crippen molar-refractivity contribution in [2.24, 2.45) is 0 Å². The Hall–Kier alpha value is -1.85. The van der Waals surface area contributed by atoms with E-state index in [2.05, 4.69) is 10.5 Å². The molecular weight excluding hydrogens is 290 g/mol. The molecule has 0 unspecified atom stereocenters. The summed E-state index contributed by atoms with van der Waals surface area (Å²) in [7, 11) is 3.89. The summed E-state index contributed by atoms with van der Waals surface area (Å²) in [4.78, 5) is 14.0. The van der Waals surface area contributed by atoms with Crippen LogP contribution in [0, 0.1) is 6.92 Å². The molecule has 0 radical (unpaired) electrons. The summed E-state index contributed by atoms with van der Waals surface area (Å²) in [5.41, 5.74) is 1.25. The number of nitrogens with one attached hydrogen (secondary N) is 1. The average molecular weight is 308 g/mol. The second-order valence-corrected chi connectivity index (χ2v) is 5.44. The van der Waals surface area contributed by atoms with Crippen molar-refractivity contribution in [2.75, 3.05) is 20.6 Å². The fourth-order valence-corrected chi connectivity index (χ4v) is 2.33. The van der Waals surface area contributed by atoms with E-state index in [1.165, 1.54) is 0 Å². The van der Waals surface area contributed by atoms with Crippen LogP contribution in [0.1, 0.15) is 27.9 Å². The normalized spacial score (nSPS) is 12.4. The Bertz CT molecular complexity index is 625. The van der Waals surface area contributed by atoms with Gasteiger partial charge < -0.3 is 14.7 Å². The Morgan fingerprint density at radius 2 is 2.14 bits per heavy atom. The lowest BCUT2D eigenvalue weighted by molar-refractivity contribution is 0.0933. The highest BCUT2D eigenvalue weighted by Crippen LogP contribution is 2.25. The lowest BCUT2D eigenvalue weighted by Crippen LogP contribution is -2.34. The SMILES string of the molecule is Cc1cc(C(=O)NC[C@@H](c2ccccc2Cl)N(C)C)no1. The summed E-state index contributed by atoms with van der Waals surface area (Å²) in [6, 6.07) is 9.21. The van der Waals surface area contributed by atoms with Crippen molar-refractivity contribution in [1.29, 1.82) is 0 Å². The molecule has 112 valence electrons. The first-order valence-electron chi connectivity index (χ1n) is 6.61. The number of rotatable bonds is 5. The first-order valence-corrected chi connectivity index (χ1v) is 6.99. The molecule has 6 heteroatoms. The van der Waals surface area contributed by atoms with Gasteiger partial charge in [0.25, 0.3) is 5.91 Å². The van der Waals surface area contributed by atoms with Gasteiger partial charge in [-0.2, -0.15) is 0 Å². The molecule has 21 heavy (non-hydrogen) atoms. The van der Waals surface area contributed by atoms with Crippen molar-refractivity contribution < 1.29 is 9.32 Å². The van der Waals surface area contributed by atoms with E-state index in [4.69, 9.17) is 16.1 Å². The van der Waals surface area contributed by atoms with E-state index in [-0.39, 0.29) is 17.6 Å². The van der Waals surface area contributed by atoms with Gasteiger partial charge in [-0.15, -0.1) is 0 Å². The van der Waals surface area contributed by atoms with Gasteiger partial charge in [-0.3, -0.25) is 4.79 Å². The maximum Gasteiger partial charge on any atom is 0.273 e. The zero-order valence-corrected chi connectivity index (χ0v) is 13.0. The number of carbonyl (C=O) groups excluding carboxylic acids is 1. The largest absolute Gasteiger partial charge is 0.361 e. The van der Waals surface area contributed by atoms with Crippen LogP contribution in [0.5, 0.6) is 0 Å². The summed E-state index contributed by atoms with van der Waals surface area (Å²) in [6.07, 6.45) is 0. The molecule has 0 aliphatic heterocycles. The number of hydrogen-bond donors (Lipinski definition) is 1. The molecule has 1 aromatic heterocycles. The standard InChI is InChI=1S/C15H18ClN3O2/c1-10-8-13(18-21-10)15(20)17-9-14(19(2)3)11-6-4-5-7-12(11)16/h4-8,14H,9H2,1-3H3,(H,17,20)/t14-/m0/s1. The number of benzene rings is 1. The number of carbonyl (C=O) groups is 1. The Morgan fingerprint density at radius 1 is 1.43 bits per heavy atom. The van der Waals surface area contributed by atoms with E-state index >= 15 is 0 Å². The molecule has 5 nitrogen and oxygen atoms in total. The topological polar surface area (TPSA) is 58.4 Å². The van der Waals surface area contributed by atoms with Crippen molar-refractivity contribution in [1.82, 2.24) is 15.4 Å². The summed E-state index contributed by atoms with van der Waals surface area (Å²) in [6.45, 7) is 2.18. The van der Waals surface area contributed by atoms with Gasteiger partial charge in [0.15, 0.2) is 5.69 Å². The molecule has 1 N–H and O–H groups in total. The van der Waals surface area contributed by atoms with Crippen molar-refractivity contribution in [3.63, 3.8) is 0 Å². The molecule has 0 saturated carbocycles. The van der Waals surface area contributed by atoms with Gasteiger partial charge in [-0.25, -0.2) is 0 Å². The van der Waals surface area contributed by atoms with Gasteiger partial charge in [0, 0.05) is 17.6 Å². The van der Waals surface area contributed by atoms with Gasteiger partial charge in [0.1, 0.15) is 5.76 Å². The molecule has 0 aliphatic carbocycles. The van der Waals surface area contributed by atoms with Crippen LogP contribution in [-0.4, -0.2) is 36.6 Å². The fraction of sp³-hybridized carbons (Fsp3) is 0.333. The minimum atomic E-state index is -0.259. The molecule has 0 fully saturated rings. The first kappa shape index (κ1) is 15.5. The van der Waals surface area contributed by atoms with Gasteiger partial charge >= 0.3 is 0 Å². The molecule has 1 heterocycles. The van der Waals surface area contributed by atoms with E-state index < -0.39 is 0 Å². The highest BCUT2D eigenvalue weighted by atomic mass is 35.5. The van der Waals surface area contributed by atoms with Crippen molar-refractivity contribution in [3.05, 3.63) is 52.4 Å². The predicted molar refractivity (Wildman–Crippen MR) is 81.5 cm³/mol. The average Bonchev–Trinajstić information content (AvgIpc) is 2.87. The van der Waals surface area contributed by atoms with Crippen molar-refractivity contribution in [3.8, 4) is 0 Å². The van der Waals surface area contributed by atoms with Crippen LogP contribution in [0.4, 0.5) is 0 Å². The van der Waals surface area contributed by atoms with Crippen LogP contribution in [0.15, 0.2) is 34.9 Å². The van der Waals surface area contributed by atoms with Crippen LogP contribution >= 0.6 is 11.6 Å². The number of nitrogens with zero attached hydrogens (tertiary/aromatic N) is 2. The lowest BCUT2D eigenvalue weighted by Gasteiger charge is -2.25. The molecule has 0 spiro atoms. The van der Waals surface area contributed by atoms with Gasteiger partial charge in [0.05, 0.1) is 6.04 Å². The number of aromatic nitrogens is 1. The molecule has 0 bridgehead atoms. The minimum Gasteiger partial charge on any atom is -0.361 e. The number of hydrogen-bond acceptors (Lipinski definition) is 4. The summed E-state index contributed by atoms with van der Waals surface area (Å²) < 4.78 is 4.90. The van der Waals surface area contributed by atoms with Gasteiger partial charge in [0.2, 0.25) is 0 Å². The van der Waals surface area contributed by atoms with Crippen molar-refractivity contribution >= 4 is 17.5 Å². The Labute approximate surface area is 128 Å². The minimum absolute atomic E-state index is 0.0179. The van der Waals surface area contributed by atoms with E-state index in [0.29, 0.717) is 17.3 Å². The summed E-state index contributed by atoms with van der Waals surface area (Å²) in [5, 5.41) is 7.24. The van der Waals surface area contributed by atoms with Crippen molar-refractivity contribution in [2.45, 2.75) is 13.0 Å². The van der Waals surface area contributed by atoms with E-state index in [9.17, 15) is 4.79 Å². The van der Waals surface area contributed by atoms with Crippen LogP contribution < -0.4 is 5.32 Å². The van der Waals surface area contributed by atoms with Crippen LogP contribution in [-0.2, 0) is 0 Å². The third kappa shape index (κ3) is 3.83. The molecule has 2 aromatic rings. The third-order valence-corrected chi connectivity index (χ3v) is 3.55. The van der Waals surface area contributed by atoms with Crippen LogP contribution in [0.25, 0.3) is 0 Å². The van der Waals surface area contributed by atoms with Crippen LogP contribution in [0.2, 0.25) is 5.02 Å². The second-order valence-electron chi connectivity index (χ2n) is 5.03. The number of aryl methyl sites for hydroxylation is 1. The van der Waals surface area contributed by atoms with Gasteiger partial charge in [-0.05, 0) is 32.6 Å². The Balaban J connectivity index is 2.08. The maximum absolute atomic E-state index is 12.0. The Morgan fingerprint density at radius 3 is 2.71 bits per heavy atom. The second kappa shape index (κ2) is 6.74. The molecular formula is C15H18ClN3O2. The summed E-state index contributed by atoms with van der Waals surface area (Å²) in [5.74, 6) is 0.348. The van der Waals surface area contributed by atoms with E-state index in [1.807, 2.05) is 43.3 Å². The Kier molecular flexibility index (Phi) is 4.98. The third-order valence-electron chi connectivity index (χ3n) is 3.20. The molecule has 1 aromatic carbocycles. The number of amides is 1. The predicted octanol–water partition coefficient (Wildman–Crippen LogP) is 2.67. The lowest BCUT2D eigenvalue weighted by atomic mass is 10.1.